The fourth-order valence-electron chi connectivity index (χ4n) is 3.43. The Morgan fingerprint density at radius 2 is 1.03 bits per heavy atom. The molecule has 3 aromatic carbocycles. The summed E-state index contributed by atoms with van der Waals surface area (Å²) in [5.74, 6) is 3.46. The molecular formula is C30H34O5. The first-order valence-electron chi connectivity index (χ1n) is 11.6. The molecule has 0 fully saturated rings. The van der Waals surface area contributed by atoms with Gasteiger partial charge in [-0.15, -0.1) is 0 Å². The molecule has 3 aromatic rings. The maximum absolute atomic E-state index is 6.02. The summed E-state index contributed by atoms with van der Waals surface area (Å²) < 4.78 is 27.9. The van der Waals surface area contributed by atoms with Crippen LogP contribution < -0.4 is 23.7 Å². The van der Waals surface area contributed by atoms with Crippen LogP contribution in [-0.2, 0) is 0 Å². The molecular weight excluding hydrogens is 440 g/mol. The number of methoxy groups -OCH3 is 4. The monoisotopic (exact) mass is 474 g/mol. The van der Waals surface area contributed by atoms with Gasteiger partial charge in [-0.05, 0) is 59.9 Å². The summed E-state index contributed by atoms with van der Waals surface area (Å²) in [5, 5.41) is 0. The van der Waals surface area contributed by atoms with Crippen molar-refractivity contribution in [1.82, 2.24) is 0 Å². The van der Waals surface area contributed by atoms with Crippen LogP contribution in [0.25, 0.3) is 24.3 Å². The van der Waals surface area contributed by atoms with Crippen molar-refractivity contribution in [3.8, 4) is 28.7 Å². The van der Waals surface area contributed by atoms with Gasteiger partial charge in [-0.1, -0.05) is 55.5 Å². The molecule has 0 amide bonds. The highest BCUT2D eigenvalue weighted by atomic mass is 16.5. The first kappa shape index (κ1) is 25.8. The Labute approximate surface area is 208 Å². The fourth-order valence-corrected chi connectivity index (χ4v) is 3.43. The van der Waals surface area contributed by atoms with Crippen molar-refractivity contribution < 1.29 is 23.7 Å². The normalized spacial score (nSPS) is 12.1. The summed E-state index contributed by atoms with van der Waals surface area (Å²) >= 11 is 0. The predicted octanol–water partition coefficient (Wildman–Crippen LogP) is 7.24. The Bertz CT molecular complexity index is 1110. The molecule has 0 aliphatic carbocycles. The predicted molar refractivity (Wildman–Crippen MR) is 144 cm³/mol. The molecule has 3 rings (SSSR count). The molecule has 35 heavy (non-hydrogen) atoms. The molecule has 184 valence electrons. The third kappa shape index (κ3) is 7.06. The lowest BCUT2D eigenvalue weighted by atomic mass is 10.1. The van der Waals surface area contributed by atoms with Crippen molar-refractivity contribution in [3.05, 3.63) is 76.9 Å². The number of ether oxygens (including phenoxy) is 5. The van der Waals surface area contributed by atoms with Crippen molar-refractivity contribution in [2.24, 2.45) is 0 Å². The third-order valence-corrected chi connectivity index (χ3v) is 5.62. The average Bonchev–Trinajstić information content (AvgIpc) is 2.91. The number of hydrogen-bond donors (Lipinski definition) is 0. The average molecular weight is 475 g/mol. The van der Waals surface area contributed by atoms with Gasteiger partial charge in [-0.3, -0.25) is 0 Å². The topological polar surface area (TPSA) is 46.2 Å². The molecule has 0 aliphatic rings. The molecule has 0 aromatic heterocycles. The molecule has 0 radical (unpaired) electrons. The van der Waals surface area contributed by atoms with Gasteiger partial charge in [0.05, 0.1) is 34.5 Å². The van der Waals surface area contributed by atoms with Crippen LogP contribution in [0.5, 0.6) is 28.7 Å². The highest BCUT2D eigenvalue weighted by molar-refractivity contribution is 5.75. The quantitative estimate of drug-likeness (QED) is 0.274. The third-order valence-electron chi connectivity index (χ3n) is 5.62. The molecule has 0 spiro atoms. The van der Waals surface area contributed by atoms with E-state index >= 15 is 0 Å². The molecule has 0 aliphatic heterocycles. The van der Waals surface area contributed by atoms with Gasteiger partial charge in [0.2, 0.25) is 5.75 Å². The minimum atomic E-state index is 0.0673. The van der Waals surface area contributed by atoms with Crippen LogP contribution in [0.15, 0.2) is 54.6 Å². The first-order valence-corrected chi connectivity index (χ1v) is 11.6. The molecule has 1 unspecified atom stereocenters. The molecule has 0 heterocycles. The maximum atomic E-state index is 6.02. The zero-order valence-electron chi connectivity index (χ0n) is 21.3. The van der Waals surface area contributed by atoms with Gasteiger partial charge in [0.15, 0.2) is 11.5 Å². The van der Waals surface area contributed by atoms with E-state index in [0.29, 0.717) is 17.2 Å². The van der Waals surface area contributed by atoms with E-state index in [4.69, 9.17) is 23.7 Å². The molecule has 0 saturated heterocycles. The van der Waals surface area contributed by atoms with Gasteiger partial charge in [-0.2, -0.15) is 0 Å². The Kier molecular flexibility index (Phi) is 9.24. The standard InChI is InChI=1S/C30H34O5/c1-7-21(2)35-30-28(33-5)18-25(19-29(30)34-6)15-13-23-10-8-22(9-11-23)12-14-24-16-26(31-3)20-27(17-24)32-4/h8-21H,7H2,1-6H3/b14-12+,15-13+. The van der Waals surface area contributed by atoms with Gasteiger partial charge in [0, 0.05) is 6.07 Å². The zero-order valence-corrected chi connectivity index (χ0v) is 21.3. The molecule has 1 atom stereocenters. The minimum absolute atomic E-state index is 0.0673. The maximum Gasteiger partial charge on any atom is 0.203 e. The van der Waals surface area contributed by atoms with E-state index in [1.54, 1.807) is 28.4 Å². The molecule has 0 saturated carbocycles. The van der Waals surface area contributed by atoms with Crippen LogP contribution in [0.2, 0.25) is 0 Å². The SMILES string of the molecule is CCC(C)Oc1c(OC)cc(/C=C/c2ccc(/C=C/c3cc(OC)cc(OC)c3)cc2)cc1OC. The number of hydrogen-bond acceptors (Lipinski definition) is 5. The Balaban J connectivity index is 1.75. The number of benzene rings is 3. The second-order valence-corrected chi connectivity index (χ2v) is 8.07. The van der Waals surface area contributed by atoms with Crippen molar-refractivity contribution in [1.29, 1.82) is 0 Å². The smallest absolute Gasteiger partial charge is 0.203 e. The summed E-state index contributed by atoms with van der Waals surface area (Å²) in [6.07, 6.45) is 9.16. The van der Waals surface area contributed by atoms with E-state index in [0.717, 1.165) is 40.2 Å². The summed E-state index contributed by atoms with van der Waals surface area (Å²) in [6, 6.07) is 18.0. The second kappa shape index (κ2) is 12.6. The van der Waals surface area contributed by atoms with Crippen molar-refractivity contribution in [3.63, 3.8) is 0 Å². The van der Waals surface area contributed by atoms with E-state index in [2.05, 4.69) is 43.3 Å². The first-order chi connectivity index (χ1) is 17.0. The van der Waals surface area contributed by atoms with Crippen LogP contribution in [-0.4, -0.2) is 34.5 Å². The van der Waals surface area contributed by atoms with E-state index in [-0.39, 0.29) is 6.10 Å². The molecule has 5 nitrogen and oxygen atoms in total. The van der Waals surface area contributed by atoms with Crippen LogP contribution in [0, 0.1) is 0 Å². The lowest BCUT2D eigenvalue weighted by Crippen LogP contribution is -2.11. The van der Waals surface area contributed by atoms with Crippen LogP contribution in [0.1, 0.15) is 42.5 Å². The van der Waals surface area contributed by atoms with E-state index in [1.165, 1.54) is 0 Å². The van der Waals surface area contributed by atoms with Gasteiger partial charge in [0.25, 0.3) is 0 Å². The van der Waals surface area contributed by atoms with Crippen LogP contribution in [0.4, 0.5) is 0 Å². The lowest BCUT2D eigenvalue weighted by Gasteiger charge is -2.18. The van der Waals surface area contributed by atoms with E-state index < -0.39 is 0 Å². The second-order valence-electron chi connectivity index (χ2n) is 8.07. The minimum Gasteiger partial charge on any atom is -0.497 e. The van der Waals surface area contributed by atoms with Crippen LogP contribution in [0.3, 0.4) is 0 Å². The van der Waals surface area contributed by atoms with Crippen molar-refractivity contribution >= 4 is 24.3 Å². The van der Waals surface area contributed by atoms with Gasteiger partial charge in [-0.25, -0.2) is 0 Å². The summed E-state index contributed by atoms with van der Waals surface area (Å²) in [7, 11) is 6.57. The van der Waals surface area contributed by atoms with Crippen molar-refractivity contribution in [2.45, 2.75) is 26.4 Å². The lowest BCUT2D eigenvalue weighted by molar-refractivity contribution is 0.198. The Hall–Kier alpha value is -3.86. The van der Waals surface area contributed by atoms with Gasteiger partial charge >= 0.3 is 0 Å². The molecule has 5 heteroatoms. The van der Waals surface area contributed by atoms with Crippen molar-refractivity contribution in [2.75, 3.05) is 28.4 Å². The van der Waals surface area contributed by atoms with Gasteiger partial charge < -0.3 is 23.7 Å². The summed E-state index contributed by atoms with van der Waals surface area (Å²) in [4.78, 5) is 0. The Morgan fingerprint density at radius 1 is 0.600 bits per heavy atom. The number of rotatable bonds is 11. The molecule has 0 N–H and O–H groups in total. The largest absolute Gasteiger partial charge is 0.497 e. The van der Waals surface area contributed by atoms with Crippen LogP contribution >= 0.6 is 0 Å². The molecule has 0 bridgehead atoms. The fraction of sp³-hybridized carbons (Fsp3) is 0.267. The zero-order chi connectivity index (χ0) is 25.2. The Morgan fingerprint density at radius 3 is 1.43 bits per heavy atom. The highest BCUT2D eigenvalue weighted by Gasteiger charge is 2.15. The summed E-state index contributed by atoms with van der Waals surface area (Å²) in [5.41, 5.74) is 4.15. The summed E-state index contributed by atoms with van der Waals surface area (Å²) in [6.45, 7) is 4.11. The van der Waals surface area contributed by atoms with E-state index in [1.807, 2.05) is 49.4 Å². The highest BCUT2D eigenvalue weighted by Crippen LogP contribution is 2.40. The van der Waals surface area contributed by atoms with E-state index in [9.17, 15) is 0 Å². The van der Waals surface area contributed by atoms with Gasteiger partial charge in [0.1, 0.15) is 11.5 Å².